The van der Waals surface area contributed by atoms with E-state index in [4.69, 9.17) is 9.47 Å². The fourth-order valence-electron chi connectivity index (χ4n) is 5.31. The van der Waals surface area contributed by atoms with Crippen LogP contribution in [0.4, 0.5) is 5.82 Å². The number of hydrogen-bond donors (Lipinski definition) is 1. The van der Waals surface area contributed by atoms with Crippen LogP contribution in [0.3, 0.4) is 0 Å². The van der Waals surface area contributed by atoms with Gasteiger partial charge in [-0.05, 0) is 74.6 Å². The molecule has 6 rings (SSSR count). The molecule has 1 amide bonds. The van der Waals surface area contributed by atoms with Crippen molar-refractivity contribution in [3.63, 3.8) is 0 Å². The van der Waals surface area contributed by atoms with Gasteiger partial charge in [0.1, 0.15) is 11.6 Å². The van der Waals surface area contributed by atoms with Crippen molar-refractivity contribution in [3.05, 3.63) is 66.2 Å². The third-order valence-electron chi connectivity index (χ3n) is 7.85. The van der Waals surface area contributed by atoms with Gasteiger partial charge in [0.2, 0.25) is 22.7 Å². The molecular formula is C29H29N3O6S. The molecule has 0 spiro atoms. The van der Waals surface area contributed by atoms with Gasteiger partial charge < -0.3 is 14.8 Å². The number of carbonyl (C=O) groups is 2. The minimum absolute atomic E-state index is 0.0202. The van der Waals surface area contributed by atoms with E-state index in [1.165, 1.54) is 11.2 Å². The Balaban J connectivity index is 1.17. The maximum Gasteiger partial charge on any atom is 0.243 e. The van der Waals surface area contributed by atoms with Crippen molar-refractivity contribution in [2.75, 3.05) is 25.2 Å². The summed E-state index contributed by atoms with van der Waals surface area (Å²) in [5.74, 6) is 1.39. The summed E-state index contributed by atoms with van der Waals surface area (Å²) in [7, 11) is -3.70. The first-order chi connectivity index (χ1) is 18.8. The molecule has 1 unspecified atom stereocenters. The lowest BCUT2D eigenvalue weighted by Crippen LogP contribution is -2.41. The lowest BCUT2D eigenvalue weighted by molar-refractivity contribution is -0.121. The zero-order valence-electron chi connectivity index (χ0n) is 21.6. The fourth-order valence-corrected chi connectivity index (χ4v) is 6.83. The molecule has 39 heavy (non-hydrogen) atoms. The molecule has 1 N–H and O–H groups in total. The van der Waals surface area contributed by atoms with Crippen LogP contribution in [0.15, 0.2) is 65.6 Å². The van der Waals surface area contributed by atoms with Gasteiger partial charge in [-0.2, -0.15) is 4.31 Å². The third kappa shape index (κ3) is 4.79. The lowest BCUT2D eigenvalue weighted by Gasteiger charge is -2.30. The molecule has 1 saturated carbocycles. The summed E-state index contributed by atoms with van der Waals surface area (Å²) in [5.41, 5.74) is 1.60. The van der Waals surface area contributed by atoms with E-state index in [0.717, 1.165) is 30.4 Å². The largest absolute Gasteiger partial charge is 0.454 e. The summed E-state index contributed by atoms with van der Waals surface area (Å²) in [6.45, 7) is 2.32. The summed E-state index contributed by atoms with van der Waals surface area (Å²) in [6, 6.07) is 17.5. The van der Waals surface area contributed by atoms with Crippen LogP contribution in [0.5, 0.6) is 11.5 Å². The Kier molecular flexibility index (Phi) is 6.39. The zero-order valence-corrected chi connectivity index (χ0v) is 22.4. The zero-order chi connectivity index (χ0) is 27.2. The van der Waals surface area contributed by atoms with Crippen molar-refractivity contribution in [1.82, 2.24) is 9.29 Å². The number of benzene rings is 2. The Bertz CT molecular complexity index is 1550. The molecule has 10 heteroatoms. The number of anilines is 1. The number of nitrogens with one attached hydrogen (secondary N) is 1. The highest BCUT2D eigenvalue weighted by Crippen LogP contribution is 2.51. The van der Waals surface area contributed by atoms with Crippen molar-refractivity contribution >= 4 is 27.5 Å². The van der Waals surface area contributed by atoms with Crippen molar-refractivity contribution in [3.8, 4) is 22.8 Å². The SMILES string of the molecule is CC(=O)C1CCCN(S(=O)(=O)c2ccc(-c3cccc(NC(=O)C4(c5ccc6c(c5)OCO6)CC4)n3)cc2)C1. The van der Waals surface area contributed by atoms with Gasteiger partial charge in [-0.15, -0.1) is 0 Å². The van der Waals surface area contributed by atoms with Crippen LogP contribution in [-0.4, -0.2) is 49.3 Å². The molecule has 0 bridgehead atoms. The van der Waals surface area contributed by atoms with E-state index in [1.807, 2.05) is 24.3 Å². The average Bonchev–Trinajstić information content (AvgIpc) is 3.64. The summed E-state index contributed by atoms with van der Waals surface area (Å²) in [4.78, 5) is 29.9. The van der Waals surface area contributed by atoms with Gasteiger partial charge in [0.05, 0.1) is 16.0 Å². The standard InChI is InChI=1S/C29H29N3O6S/c1-19(33)21-4-3-15-32(17-21)39(35,36)23-10-7-20(8-11-23)24-5-2-6-27(30-24)31-28(34)29(13-14-29)22-9-12-25-26(16-22)38-18-37-25/h2,5-12,16,21H,3-4,13-15,17-18H2,1H3,(H,30,31,34). The topological polar surface area (TPSA) is 115 Å². The Morgan fingerprint density at radius 3 is 2.54 bits per heavy atom. The normalized spacial score (nSPS) is 19.9. The van der Waals surface area contributed by atoms with Crippen LogP contribution in [0.25, 0.3) is 11.3 Å². The van der Waals surface area contributed by atoms with Gasteiger partial charge in [-0.25, -0.2) is 13.4 Å². The van der Waals surface area contributed by atoms with Crippen LogP contribution in [-0.2, 0) is 25.0 Å². The van der Waals surface area contributed by atoms with Gasteiger partial charge in [0.15, 0.2) is 11.5 Å². The van der Waals surface area contributed by atoms with E-state index in [1.54, 1.807) is 36.4 Å². The number of piperidine rings is 1. The van der Waals surface area contributed by atoms with Gasteiger partial charge in [0, 0.05) is 24.6 Å². The van der Waals surface area contributed by atoms with E-state index in [2.05, 4.69) is 10.3 Å². The first-order valence-electron chi connectivity index (χ1n) is 13.1. The molecule has 3 heterocycles. The van der Waals surface area contributed by atoms with E-state index >= 15 is 0 Å². The number of sulfonamides is 1. The molecule has 9 nitrogen and oxygen atoms in total. The molecule has 3 aliphatic rings. The first kappa shape index (κ1) is 25.5. The van der Waals surface area contributed by atoms with E-state index in [-0.39, 0.29) is 35.8 Å². The highest BCUT2D eigenvalue weighted by Gasteiger charge is 2.51. The first-order valence-corrected chi connectivity index (χ1v) is 14.5. The molecule has 2 fully saturated rings. The number of pyridine rings is 1. The minimum atomic E-state index is -3.70. The molecular weight excluding hydrogens is 518 g/mol. The van der Waals surface area contributed by atoms with Crippen molar-refractivity contribution in [2.45, 2.75) is 42.9 Å². The summed E-state index contributed by atoms with van der Waals surface area (Å²) >= 11 is 0. The van der Waals surface area contributed by atoms with Crippen LogP contribution >= 0.6 is 0 Å². The van der Waals surface area contributed by atoms with Gasteiger partial charge in [-0.1, -0.05) is 24.3 Å². The second kappa shape index (κ2) is 9.77. The van der Waals surface area contributed by atoms with Crippen LogP contribution < -0.4 is 14.8 Å². The number of aromatic nitrogens is 1. The number of Topliss-reactive ketones (excluding diaryl/α,β-unsaturated/α-hetero) is 1. The van der Waals surface area contributed by atoms with Crippen molar-refractivity contribution in [2.24, 2.45) is 5.92 Å². The van der Waals surface area contributed by atoms with E-state index in [0.29, 0.717) is 36.0 Å². The number of ketones is 1. The average molecular weight is 548 g/mol. The lowest BCUT2D eigenvalue weighted by atomic mass is 9.94. The quantitative estimate of drug-likeness (QED) is 0.473. The molecule has 2 aromatic carbocycles. The van der Waals surface area contributed by atoms with Crippen molar-refractivity contribution < 1.29 is 27.5 Å². The predicted octanol–water partition coefficient (Wildman–Crippen LogP) is 4.14. The van der Waals surface area contributed by atoms with Crippen molar-refractivity contribution in [1.29, 1.82) is 0 Å². The van der Waals surface area contributed by atoms with E-state index in [9.17, 15) is 18.0 Å². The second-order valence-corrected chi connectivity index (χ2v) is 12.3. The monoisotopic (exact) mass is 547 g/mol. The minimum Gasteiger partial charge on any atom is -0.454 e. The number of fused-ring (bicyclic) bond motifs is 1. The van der Waals surface area contributed by atoms with Crippen LogP contribution in [0.2, 0.25) is 0 Å². The fraction of sp³-hybridized carbons (Fsp3) is 0.345. The van der Waals surface area contributed by atoms with E-state index < -0.39 is 15.4 Å². The van der Waals surface area contributed by atoms with Gasteiger partial charge in [-0.3, -0.25) is 9.59 Å². The van der Waals surface area contributed by atoms with Crippen LogP contribution in [0.1, 0.15) is 38.2 Å². The molecule has 1 saturated heterocycles. The predicted molar refractivity (Wildman–Crippen MR) is 144 cm³/mol. The second-order valence-electron chi connectivity index (χ2n) is 10.3. The van der Waals surface area contributed by atoms with Gasteiger partial charge in [0.25, 0.3) is 0 Å². The van der Waals surface area contributed by atoms with Crippen LogP contribution in [0, 0.1) is 5.92 Å². The molecule has 0 radical (unpaired) electrons. The summed E-state index contributed by atoms with van der Waals surface area (Å²) < 4.78 is 38.7. The Morgan fingerprint density at radius 1 is 1.03 bits per heavy atom. The number of rotatable bonds is 7. The number of amides is 1. The molecule has 202 valence electrons. The molecule has 1 atom stereocenters. The highest BCUT2D eigenvalue weighted by atomic mass is 32.2. The number of nitrogens with zero attached hydrogens (tertiary/aromatic N) is 2. The molecule has 1 aromatic heterocycles. The Hall–Kier alpha value is -3.76. The summed E-state index contributed by atoms with van der Waals surface area (Å²) in [5, 5.41) is 2.96. The molecule has 2 aliphatic heterocycles. The molecule has 3 aromatic rings. The Morgan fingerprint density at radius 2 is 1.79 bits per heavy atom. The summed E-state index contributed by atoms with van der Waals surface area (Å²) in [6.07, 6.45) is 2.85. The Labute approximate surface area is 227 Å². The number of ether oxygens (including phenoxy) is 2. The highest BCUT2D eigenvalue weighted by molar-refractivity contribution is 7.89. The number of hydrogen-bond acceptors (Lipinski definition) is 7. The van der Waals surface area contributed by atoms with Gasteiger partial charge >= 0.3 is 0 Å². The smallest absolute Gasteiger partial charge is 0.243 e. The number of carbonyl (C=O) groups excluding carboxylic acids is 2. The molecule has 1 aliphatic carbocycles. The third-order valence-corrected chi connectivity index (χ3v) is 9.73. The maximum absolute atomic E-state index is 13.3. The maximum atomic E-state index is 13.3.